The highest BCUT2D eigenvalue weighted by molar-refractivity contribution is 5.54. The molecule has 0 bridgehead atoms. The van der Waals surface area contributed by atoms with Gasteiger partial charge in [0.15, 0.2) is 0 Å². The maximum Gasteiger partial charge on any atom is 0.127 e. The van der Waals surface area contributed by atoms with Gasteiger partial charge in [-0.3, -0.25) is 0 Å². The molecule has 0 radical (unpaired) electrons. The van der Waals surface area contributed by atoms with Crippen LogP contribution in [-0.2, 0) is 6.42 Å². The van der Waals surface area contributed by atoms with Crippen LogP contribution in [0, 0.1) is 0 Å². The van der Waals surface area contributed by atoms with Crippen LogP contribution in [0.1, 0.15) is 11.1 Å². The van der Waals surface area contributed by atoms with Gasteiger partial charge >= 0.3 is 0 Å². The molecule has 3 N–H and O–H groups in total. The van der Waals surface area contributed by atoms with Gasteiger partial charge in [0, 0.05) is 17.7 Å². The second-order valence-electron chi connectivity index (χ2n) is 5.55. The maximum absolute atomic E-state index is 9.78. The molecular weight excluding hydrogens is 316 g/mol. The maximum atomic E-state index is 9.78. The summed E-state index contributed by atoms with van der Waals surface area (Å²) in [6.45, 7) is 0. The molecular formula is C21H18O4. The predicted octanol–water partition coefficient (Wildman–Crippen LogP) is 4.85. The van der Waals surface area contributed by atoms with Gasteiger partial charge in [-0.05, 0) is 36.2 Å². The van der Waals surface area contributed by atoms with Crippen LogP contribution < -0.4 is 4.74 Å². The van der Waals surface area contributed by atoms with Gasteiger partial charge in [-0.25, -0.2) is 0 Å². The Hall–Kier alpha value is -3.40. The third-order valence-electron chi connectivity index (χ3n) is 3.68. The van der Waals surface area contributed by atoms with Crippen molar-refractivity contribution in [2.75, 3.05) is 0 Å². The van der Waals surface area contributed by atoms with Crippen LogP contribution in [0.5, 0.6) is 28.7 Å². The average Bonchev–Trinajstić information content (AvgIpc) is 2.59. The zero-order valence-corrected chi connectivity index (χ0v) is 13.5. The number of phenolic OH excluding ortho intramolecular Hbond substituents is 3. The minimum atomic E-state index is -0.170. The van der Waals surface area contributed by atoms with Crippen molar-refractivity contribution < 1.29 is 20.1 Å². The van der Waals surface area contributed by atoms with Crippen molar-refractivity contribution >= 4 is 6.08 Å². The Kier molecular flexibility index (Phi) is 4.90. The van der Waals surface area contributed by atoms with Gasteiger partial charge in [0.25, 0.3) is 0 Å². The van der Waals surface area contributed by atoms with E-state index in [0.717, 1.165) is 17.1 Å². The van der Waals surface area contributed by atoms with Crippen LogP contribution in [0.4, 0.5) is 0 Å². The molecule has 0 heterocycles. The first-order chi connectivity index (χ1) is 12.1. The fourth-order valence-corrected chi connectivity index (χ4v) is 2.42. The van der Waals surface area contributed by atoms with Gasteiger partial charge < -0.3 is 20.1 Å². The summed E-state index contributed by atoms with van der Waals surface area (Å²) >= 11 is 0. The Labute approximate surface area is 145 Å². The van der Waals surface area contributed by atoms with Gasteiger partial charge in [0.2, 0.25) is 0 Å². The Bertz CT molecular complexity index is 845. The van der Waals surface area contributed by atoms with Crippen molar-refractivity contribution in [1.82, 2.24) is 0 Å². The first-order valence-corrected chi connectivity index (χ1v) is 7.85. The van der Waals surface area contributed by atoms with E-state index in [0.29, 0.717) is 12.0 Å². The van der Waals surface area contributed by atoms with E-state index in [1.807, 2.05) is 66.7 Å². The first-order valence-electron chi connectivity index (χ1n) is 7.85. The topological polar surface area (TPSA) is 69.9 Å². The smallest absolute Gasteiger partial charge is 0.127 e. The Morgan fingerprint density at radius 3 is 2.00 bits per heavy atom. The van der Waals surface area contributed by atoms with Gasteiger partial charge in [-0.1, -0.05) is 42.5 Å². The normalized spacial score (nSPS) is 10.9. The first kappa shape index (κ1) is 16.5. The zero-order chi connectivity index (χ0) is 17.6. The van der Waals surface area contributed by atoms with Crippen molar-refractivity contribution in [2.24, 2.45) is 0 Å². The highest BCUT2D eigenvalue weighted by Gasteiger charge is 2.07. The second kappa shape index (κ2) is 7.45. The van der Waals surface area contributed by atoms with Crippen molar-refractivity contribution in [3.63, 3.8) is 0 Å². The number of benzene rings is 3. The lowest BCUT2D eigenvalue weighted by molar-refractivity contribution is 0.421. The van der Waals surface area contributed by atoms with E-state index in [2.05, 4.69) is 0 Å². The van der Waals surface area contributed by atoms with Crippen LogP contribution >= 0.6 is 0 Å². The van der Waals surface area contributed by atoms with E-state index in [1.165, 1.54) is 12.1 Å². The number of para-hydroxylation sites is 1. The van der Waals surface area contributed by atoms with E-state index < -0.39 is 0 Å². The van der Waals surface area contributed by atoms with Gasteiger partial charge in [0.1, 0.15) is 28.7 Å². The van der Waals surface area contributed by atoms with Crippen LogP contribution in [0.2, 0.25) is 0 Å². The van der Waals surface area contributed by atoms with Gasteiger partial charge in [0.05, 0.1) is 0 Å². The minimum Gasteiger partial charge on any atom is -0.508 e. The number of rotatable bonds is 5. The highest BCUT2D eigenvalue weighted by Crippen LogP contribution is 2.32. The fourth-order valence-electron chi connectivity index (χ4n) is 2.42. The summed E-state index contributed by atoms with van der Waals surface area (Å²) in [5.41, 5.74) is 1.34. The molecule has 0 spiro atoms. The van der Waals surface area contributed by atoms with Crippen molar-refractivity contribution in [3.05, 3.63) is 83.9 Å². The summed E-state index contributed by atoms with van der Waals surface area (Å²) in [5.74, 6) is 1.10. The summed E-state index contributed by atoms with van der Waals surface area (Å²) < 4.78 is 5.74. The summed E-state index contributed by atoms with van der Waals surface area (Å²) in [7, 11) is 0. The van der Waals surface area contributed by atoms with E-state index in [9.17, 15) is 15.3 Å². The molecule has 0 fully saturated rings. The molecule has 4 heteroatoms. The molecule has 126 valence electrons. The van der Waals surface area contributed by atoms with E-state index >= 15 is 0 Å². The second-order valence-corrected chi connectivity index (χ2v) is 5.55. The lowest BCUT2D eigenvalue weighted by atomic mass is 10.1. The molecule has 3 aromatic carbocycles. The van der Waals surface area contributed by atoms with E-state index in [-0.39, 0.29) is 17.2 Å². The summed E-state index contributed by atoms with van der Waals surface area (Å²) in [6.07, 6.45) is 4.07. The average molecular weight is 334 g/mol. The summed E-state index contributed by atoms with van der Waals surface area (Å²) in [6, 6.07) is 19.6. The minimum absolute atomic E-state index is 0.131. The van der Waals surface area contributed by atoms with Crippen LogP contribution in [-0.4, -0.2) is 15.3 Å². The Balaban J connectivity index is 1.64. The number of aromatic hydroxyl groups is 3. The lowest BCUT2D eigenvalue weighted by Gasteiger charge is -2.06. The lowest BCUT2D eigenvalue weighted by Crippen LogP contribution is -1.85. The molecule has 0 unspecified atom stereocenters. The molecule has 3 aromatic rings. The number of ether oxygens (including phenoxy) is 1. The molecule has 3 rings (SSSR count). The molecule has 0 aliphatic rings. The quantitative estimate of drug-likeness (QED) is 0.624. The Morgan fingerprint density at radius 2 is 1.36 bits per heavy atom. The summed E-state index contributed by atoms with van der Waals surface area (Å²) in [4.78, 5) is 0. The van der Waals surface area contributed by atoms with Crippen molar-refractivity contribution in [3.8, 4) is 28.7 Å². The van der Waals surface area contributed by atoms with Crippen LogP contribution in [0.15, 0.2) is 72.8 Å². The standard InChI is InChI=1S/C21H18O4/c22-16-13-20(23)19(21(24)14-16)8-4-5-15-9-11-18(12-10-15)25-17-6-2-1-3-7-17/h1-7,9-14,22-24H,8H2/b5-4+. The molecule has 0 atom stereocenters. The molecule has 0 aliphatic heterocycles. The van der Waals surface area contributed by atoms with E-state index in [4.69, 9.17) is 4.74 Å². The van der Waals surface area contributed by atoms with Gasteiger partial charge in [-0.2, -0.15) is 0 Å². The fraction of sp³-hybridized carbons (Fsp3) is 0.0476. The molecule has 25 heavy (non-hydrogen) atoms. The molecule has 0 aromatic heterocycles. The monoisotopic (exact) mass is 334 g/mol. The van der Waals surface area contributed by atoms with Crippen molar-refractivity contribution in [1.29, 1.82) is 0 Å². The number of hydrogen-bond donors (Lipinski definition) is 3. The summed E-state index contributed by atoms with van der Waals surface area (Å²) in [5, 5.41) is 28.9. The van der Waals surface area contributed by atoms with Gasteiger partial charge in [-0.15, -0.1) is 0 Å². The number of hydrogen-bond acceptors (Lipinski definition) is 4. The van der Waals surface area contributed by atoms with Crippen LogP contribution in [0.3, 0.4) is 0 Å². The molecule has 0 saturated heterocycles. The van der Waals surface area contributed by atoms with Crippen molar-refractivity contribution in [2.45, 2.75) is 6.42 Å². The highest BCUT2D eigenvalue weighted by atomic mass is 16.5. The predicted molar refractivity (Wildman–Crippen MR) is 97.1 cm³/mol. The number of allylic oxidation sites excluding steroid dienone is 1. The molecule has 0 saturated carbocycles. The largest absolute Gasteiger partial charge is 0.508 e. The zero-order valence-electron chi connectivity index (χ0n) is 13.5. The molecule has 0 aliphatic carbocycles. The third kappa shape index (κ3) is 4.32. The molecule has 0 amide bonds. The number of phenols is 3. The molecule has 4 nitrogen and oxygen atoms in total. The van der Waals surface area contributed by atoms with E-state index in [1.54, 1.807) is 0 Å². The third-order valence-corrected chi connectivity index (χ3v) is 3.68. The van der Waals surface area contributed by atoms with Crippen LogP contribution in [0.25, 0.3) is 6.08 Å². The SMILES string of the molecule is Oc1cc(O)c(C/C=C/c2ccc(Oc3ccccc3)cc2)c(O)c1. The Morgan fingerprint density at radius 1 is 0.760 bits per heavy atom.